The predicted molar refractivity (Wildman–Crippen MR) is 68.8 cm³/mol. The van der Waals surface area contributed by atoms with Crippen LogP contribution in [0.2, 0.25) is 0 Å². The maximum absolute atomic E-state index is 5.04. The fourth-order valence-corrected chi connectivity index (χ4v) is 2.61. The van der Waals surface area contributed by atoms with Crippen molar-refractivity contribution in [3.63, 3.8) is 0 Å². The van der Waals surface area contributed by atoms with Crippen molar-refractivity contribution in [2.45, 2.75) is 6.54 Å². The first-order chi connectivity index (χ1) is 8.31. The molecular formula is C11H8BrN3OS. The van der Waals surface area contributed by atoms with E-state index in [4.69, 9.17) is 4.42 Å². The van der Waals surface area contributed by atoms with E-state index in [2.05, 4.69) is 26.0 Å². The second-order valence-corrected chi connectivity index (χ2v) is 5.29. The molecule has 0 amide bonds. The lowest BCUT2D eigenvalue weighted by molar-refractivity contribution is 0.568. The zero-order chi connectivity index (χ0) is 11.7. The van der Waals surface area contributed by atoms with Crippen LogP contribution in [0.15, 0.2) is 45.3 Å². The number of furan rings is 1. The molecule has 0 aliphatic carbocycles. The van der Waals surface area contributed by atoms with Crippen molar-refractivity contribution in [2.24, 2.45) is 0 Å². The Morgan fingerprint density at radius 3 is 3.12 bits per heavy atom. The molecule has 86 valence electrons. The topological polar surface area (TPSA) is 43.9 Å². The summed E-state index contributed by atoms with van der Waals surface area (Å²) in [6, 6.07) is 1.91. The third kappa shape index (κ3) is 2.32. The van der Waals surface area contributed by atoms with E-state index in [-0.39, 0.29) is 0 Å². The van der Waals surface area contributed by atoms with E-state index < -0.39 is 0 Å². The van der Waals surface area contributed by atoms with Crippen LogP contribution < -0.4 is 0 Å². The van der Waals surface area contributed by atoms with Gasteiger partial charge in [0.1, 0.15) is 11.3 Å². The molecule has 0 aliphatic rings. The van der Waals surface area contributed by atoms with E-state index in [1.54, 1.807) is 30.1 Å². The highest BCUT2D eigenvalue weighted by atomic mass is 79.9. The van der Waals surface area contributed by atoms with Gasteiger partial charge in [0.15, 0.2) is 0 Å². The molecule has 0 unspecified atom stereocenters. The average Bonchev–Trinajstić information content (AvgIpc) is 3.00. The van der Waals surface area contributed by atoms with Gasteiger partial charge in [0.05, 0.1) is 29.2 Å². The van der Waals surface area contributed by atoms with Gasteiger partial charge < -0.3 is 4.42 Å². The molecular weight excluding hydrogens is 302 g/mol. The molecule has 4 nitrogen and oxygen atoms in total. The van der Waals surface area contributed by atoms with Gasteiger partial charge in [-0.2, -0.15) is 5.10 Å². The second-order valence-electron chi connectivity index (χ2n) is 3.51. The number of halogens is 1. The second kappa shape index (κ2) is 4.46. The summed E-state index contributed by atoms with van der Waals surface area (Å²) in [5.74, 6) is 0. The van der Waals surface area contributed by atoms with Crippen molar-refractivity contribution < 1.29 is 4.42 Å². The van der Waals surface area contributed by atoms with Crippen molar-refractivity contribution >= 4 is 27.3 Å². The van der Waals surface area contributed by atoms with E-state index in [0.29, 0.717) is 6.54 Å². The maximum atomic E-state index is 5.04. The van der Waals surface area contributed by atoms with Crippen LogP contribution in [0.5, 0.6) is 0 Å². The molecule has 3 aromatic heterocycles. The first kappa shape index (κ1) is 10.7. The van der Waals surface area contributed by atoms with Gasteiger partial charge in [-0.15, -0.1) is 11.3 Å². The molecule has 0 saturated carbocycles. The van der Waals surface area contributed by atoms with E-state index in [1.165, 1.54) is 0 Å². The Balaban J connectivity index is 1.81. The number of rotatable bonds is 3. The fraction of sp³-hybridized carbons (Fsp3) is 0.0909. The highest BCUT2D eigenvalue weighted by Gasteiger charge is 2.06. The van der Waals surface area contributed by atoms with Gasteiger partial charge in [-0.05, 0) is 22.0 Å². The van der Waals surface area contributed by atoms with E-state index in [0.717, 1.165) is 20.7 Å². The summed E-state index contributed by atoms with van der Waals surface area (Å²) in [5.41, 5.74) is 2.02. The standard InChI is InChI=1S/C11H8BrN3OS/c12-9-3-13-15(4-9)5-10-7-17-11(14-10)8-1-2-16-6-8/h1-4,6-7H,5H2. The zero-order valence-electron chi connectivity index (χ0n) is 8.71. The summed E-state index contributed by atoms with van der Waals surface area (Å²) in [6.45, 7) is 0.681. The van der Waals surface area contributed by atoms with Gasteiger partial charge >= 0.3 is 0 Å². The van der Waals surface area contributed by atoms with Crippen LogP contribution in [0.4, 0.5) is 0 Å². The molecule has 3 rings (SSSR count). The summed E-state index contributed by atoms with van der Waals surface area (Å²) in [7, 11) is 0. The van der Waals surface area contributed by atoms with Gasteiger partial charge in [-0.1, -0.05) is 0 Å². The monoisotopic (exact) mass is 309 g/mol. The lowest BCUT2D eigenvalue weighted by atomic mass is 10.3. The number of nitrogens with zero attached hydrogens (tertiary/aromatic N) is 3. The molecule has 0 aliphatic heterocycles. The molecule has 0 atom stereocenters. The number of hydrogen-bond donors (Lipinski definition) is 0. The van der Waals surface area contributed by atoms with E-state index >= 15 is 0 Å². The highest BCUT2D eigenvalue weighted by molar-refractivity contribution is 9.10. The first-order valence-electron chi connectivity index (χ1n) is 4.96. The van der Waals surface area contributed by atoms with Crippen LogP contribution in [0.1, 0.15) is 5.69 Å². The van der Waals surface area contributed by atoms with Crippen LogP contribution in [-0.2, 0) is 6.54 Å². The molecule has 3 heterocycles. The van der Waals surface area contributed by atoms with E-state index in [1.807, 2.05) is 22.3 Å². The lowest BCUT2D eigenvalue weighted by Gasteiger charge is -1.95. The van der Waals surface area contributed by atoms with Gasteiger partial charge in [0.25, 0.3) is 0 Å². The summed E-state index contributed by atoms with van der Waals surface area (Å²) in [6.07, 6.45) is 7.05. The first-order valence-corrected chi connectivity index (χ1v) is 6.63. The number of hydrogen-bond acceptors (Lipinski definition) is 4. The molecule has 0 saturated heterocycles. The molecule has 0 fully saturated rings. The Kier molecular flexibility index (Phi) is 2.82. The Morgan fingerprint density at radius 1 is 1.47 bits per heavy atom. The van der Waals surface area contributed by atoms with E-state index in [9.17, 15) is 0 Å². The normalized spacial score (nSPS) is 10.9. The average molecular weight is 310 g/mol. The van der Waals surface area contributed by atoms with Crippen molar-refractivity contribution in [1.82, 2.24) is 14.8 Å². The largest absolute Gasteiger partial charge is 0.472 e. The minimum absolute atomic E-state index is 0.681. The van der Waals surface area contributed by atoms with Gasteiger partial charge in [-0.25, -0.2) is 4.98 Å². The van der Waals surface area contributed by atoms with Gasteiger partial charge in [-0.3, -0.25) is 4.68 Å². The van der Waals surface area contributed by atoms with Crippen LogP contribution in [0.25, 0.3) is 10.6 Å². The minimum atomic E-state index is 0.681. The Bertz CT molecular complexity index is 614. The fourth-order valence-electron chi connectivity index (χ4n) is 1.49. The van der Waals surface area contributed by atoms with Crippen molar-refractivity contribution in [2.75, 3.05) is 0 Å². The summed E-state index contributed by atoms with van der Waals surface area (Å²) >= 11 is 4.98. The molecule has 3 aromatic rings. The maximum Gasteiger partial charge on any atom is 0.126 e. The van der Waals surface area contributed by atoms with Gasteiger partial charge in [0, 0.05) is 17.1 Å². The molecule has 0 bridgehead atoms. The Morgan fingerprint density at radius 2 is 2.41 bits per heavy atom. The molecule has 0 N–H and O–H groups in total. The molecule has 0 radical (unpaired) electrons. The lowest BCUT2D eigenvalue weighted by Crippen LogP contribution is -1.99. The third-order valence-electron chi connectivity index (χ3n) is 2.25. The molecule has 6 heteroatoms. The predicted octanol–water partition coefficient (Wildman–Crippen LogP) is 3.41. The zero-order valence-corrected chi connectivity index (χ0v) is 11.1. The number of thiazole rings is 1. The Labute approximate surface area is 110 Å². The van der Waals surface area contributed by atoms with Gasteiger partial charge in [0.2, 0.25) is 0 Å². The quantitative estimate of drug-likeness (QED) is 0.744. The molecule has 17 heavy (non-hydrogen) atoms. The van der Waals surface area contributed by atoms with Crippen molar-refractivity contribution in [3.8, 4) is 10.6 Å². The van der Waals surface area contributed by atoms with Crippen molar-refractivity contribution in [3.05, 3.63) is 46.5 Å². The Hall–Kier alpha value is -1.40. The number of aromatic nitrogens is 3. The summed E-state index contributed by atoms with van der Waals surface area (Å²) < 4.78 is 7.86. The third-order valence-corrected chi connectivity index (χ3v) is 3.60. The van der Waals surface area contributed by atoms with Crippen LogP contribution in [0.3, 0.4) is 0 Å². The summed E-state index contributed by atoms with van der Waals surface area (Å²) in [5, 5.41) is 7.21. The van der Waals surface area contributed by atoms with Crippen LogP contribution >= 0.6 is 27.3 Å². The smallest absolute Gasteiger partial charge is 0.126 e. The summed E-state index contributed by atoms with van der Waals surface area (Å²) in [4.78, 5) is 4.54. The molecule has 0 aromatic carbocycles. The minimum Gasteiger partial charge on any atom is -0.472 e. The molecule has 0 spiro atoms. The van der Waals surface area contributed by atoms with Crippen molar-refractivity contribution in [1.29, 1.82) is 0 Å². The highest BCUT2D eigenvalue weighted by Crippen LogP contribution is 2.24. The van der Waals surface area contributed by atoms with Crippen LogP contribution in [-0.4, -0.2) is 14.8 Å². The van der Waals surface area contributed by atoms with Crippen LogP contribution in [0, 0.1) is 0 Å². The SMILES string of the molecule is Brc1cnn(Cc2csc(-c3ccoc3)n2)c1.